The van der Waals surface area contributed by atoms with Gasteiger partial charge in [0.25, 0.3) is 5.91 Å². The Morgan fingerprint density at radius 2 is 2.24 bits per heavy atom. The summed E-state index contributed by atoms with van der Waals surface area (Å²) in [5.74, 6) is -0.0618. The Balaban J connectivity index is 1.82. The number of aromatic nitrogens is 1. The van der Waals surface area contributed by atoms with Crippen molar-refractivity contribution in [1.82, 2.24) is 10.3 Å². The van der Waals surface area contributed by atoms with E-state index >= 15 is 0 Å². The molecule has 3 nitrogen and oxygen atoms in total. The van der Waals surface area contributed by atoms with Crippen LogP contribution in [0.15, 0.2) is 42.7 Å². The van der Waals surface area contributed by atoms with Gasteiger partial charge in [-0.25, -0.2) is 0 Å². The van der Waals surface area contributed by atoms with Crippen molar-refractivity contribution in [2.75, 3.05) is 6.54 Å². The minimum absolute atomic E-state index is 0.0618. The molecule has 1 heterocycles. The van der Waals surface area contributed by atoms with Gasteiger partial charge >= 0.3 is 0 Å². The van der Waals surface area contributed by atoms with Crippen molar-refractivity contribution in [3.8, 4) is 0 Å². The second kappa shape index (κ2) is 5.55. The molecule has 0 spiro atoms. The lowest BCUT2D eigenvalue weighted by Crippen LogP contribution is -2.25. The highest BCUT2D eigenvalue weighted by Crippen LogP contribution is 2.10. The van der Waals surface area contributed by atoms with E-state index in [-0.39, 0.29) is 5.91 Å². The van der Waals surface area contributed by atoms with Gasteiger partial charge in [0.2, 0.25) is 0 Å². The van der Waals surface area contributed by atoms with Crippen LogP contribution in [0.2, 0.25) is 5.02 Å². The van der Waals surface area contributed by atoms with Gasteiger partial charge in [-0.1, -0.05) is 23.7 Å². The molecule has 2 N–H and O–H groups in total. The Morgan fingerprint density at radius 1 is 1.35 bits per heavy atom. The first kappa shape index (κ1) is 11.7. The summed E-state index contributed by atoms with van der Waals surface area (Å²) in [7, 11) is 0. The van der Waals surface area contributed by atoms with Gasteiger partial charge in [0.05, 0.1) is 5.56 Å². The van der Waals surface area contributed by atoms with Crippen LogP contribution in [0.1, 0.15) is 15.9 Å². The van der Waals surface area contributed by atoms with E-state index in [1.54, 1.807) is 18.5 Å². The number of benzene rings is 1. The maximum atomic E-state index is 11.6. The van der Waals surface area contributed by atoms with Crippen LogP contribution in [0.3, 0.4) is 0 Å². The molecule has 0 saturated carbocycles. The van der Waals surface area contributed by atoms with Crippen LogP contribution in [0.5, 0.6) is 0 Å². The van der Waals surface area contributed by atoms with E-state index in [2.05, 4.69) is 10.3 Å². The predicted octanol–water partition coefficient (Wildman–Crippen LogP) is 2.64. The Morgan fingerprint density at radius 3 is 2.94 bits per heavy atom. The number of rotatable bonds is 4. The van der Waals surface area contributed by atoms with Crippen LogP contribution in [-0.4, -0.2) is 17.4 Å². The number of carbonyl (C=O) groups is 1. The topological polar surface area (TPSA) is 44.9 Å². The first-order valence-electron chi connectivity index (χ1n) is 5.41. The molecule has 88 valence electrons. The van der Waals surface area contributed by atoms with Gasteiger partial charge in [-0.05, 0) is 30.2 Å². The summed E-state index contributed by atoms with van der Waals surface area (Å²) in [4.78, 5) is 14.5. The molecule has 0 bridgehead atoms. The monoisotopic (exact) mass is 248 g/mol. The molecule has 0 aliphatic rings. The maximum absolute atomic E-state index is 11.6. The molecule has 0 unspecified atom stereocenters. The van der Waals surface area contributed by atoms with Crippen LogP contribution >= 0.6 is 11.6 Å². The molecule has 2 rings (SSSR count). The summed E-state index contributed by atoms with van der Waals surface area (Å²) in [6.07, 6.45) is 4.18. The molecule has 0 aliphatic heterocycles. The van der Waals surface area contributed by atoms with Crippen molar-refractivity contribution in [3.05, 3.63) is 58.9 Å². The molecule has 17 heavy (non-hydrogen) atoms. The predicted molar refractivity (Wildman–Crippen MR) is 68.3 cm³/mol. The van der Waals surface area contributed by atoms with E-state index in [1.807, 2.05) is 24.3 Å². The summed E-state index contributed by atoms with van der Waals surface area (Å²) in [6.45, 7) is 0.602. The van der Waals surface area contributed by atoms with Crippen LogP contribution < -0.4 is 5.32 Å². The van der Waals surface area contributed by atoms with Gasteiger partial charge in [-0.15, -0.1) is 0 Å². The minimum Gasteiger partial charge on any atom is -0.367 e. The fraction of sp³-hybridized carbons (Fsp3) is 0.154. The van der Waals surface area contributed by atoms with E-state index < -0.39 is 0 Å². The van der Waals surface area contributed by atoms with Crippen molar-refractivity contribution in [1.29, 1.82) is 0 Å². The number of hydrogen-bond acceptors (Lipinski definition) is 1. The van der Waals surface area contributed by atoms with Gasteiger partial charge in [0.15, 0.2) is 0 Å². The highest BCUT2D eigenvalue weighted by atomic mass is 35.5. The number of aromatic amines is 1. The lowest BCUT2D eigenvalue weighted by molar-refractivity contribution is 0.0954. The zero-order valence-electron chi connectivity index (χ0n) is 9.24. The molecule has 0 saturated heterocycles. The average Bonchev–Trinajstić information content (AvgIpc) is 2.82. The molecule has 0 atom stereocenters. The number of nitrogens with one attached hydrogen (secondary N) is 2. The first-order valence-corrected chi connectivity index (χ1v) is 5.79. The molecular weight excluding hydrogens is 236 g/mol. The maximum Gasteiger partial charge on any atom is 0.252 e. The highest BCUT2D eigenvalue weighted by molar-refractivity contribution is 6.30. The summed E-state index contributed by atoms with van der Waals surface area (Å²) in [5.41, 5.74) is 1.77. The van der Waals surface area contributed by atoms with Gasteiger partial charge < -0.3 is 10.3 Å². The summed E-state index contributed by atoms with van der Waals surface area (Å²) in [5, 5.41) is 3.57. The fourth-order valence-corrected chi connectivity index (χ4v) is 1.79. The van der Waals surface area contributed by atoms with E-state index in [9.17, 15) is 4.79 Å². The minimum atomic E-state index is -0.0618. The second-order valence-electron chi connectivity index (χ2n) is 3.74. The lowest BCUT2D eigenvalue weighted by Gasteiger charge is -2.04. The Hall–Kier alpha value is -1.74. The molecule has 1 amide bonds. The van der Waals surface area contributed by atoms with Gasteiger partial charge in [-0.3, -0.25) is 4.79 Å². The van der Waals surface area contributed by atoms with Crippen molar-refractivity contribution in [2.24, 2.45) is 0 Å². The van der Waals surface area contributed by atoms with Crippen molar-refractivity contribution in [2.45, 2.75) is 6.42 Å². The van der Waals surface area contributed by atoms with Crippen LogP contribution in [0, 0.1) is 0 Å². The largest absolute Gasteiger partial charge is 0.367 e. The van der Waals surface area contributed by atoms with Crippen LogP contribution in [0.25, 0.3) is 0 Å². The second-order valence-corrected chi connectivity index (χ2v) is 4.17. The van der Waals surface area contributed by atoms with Crippen molar-refractivity contribution < 1.29 is 4.79 Å². The number of amides is 1. The molecule has 1 aromatic heterocycles. The molecule has 4 heteroatoms. The van der Waals surface area contributed by atoms with Gasteiger partial charge in [0, 0.05) is 24.0 Å². The molecule has 0 aliphatic carbocycles. The molecule has 1 aromatic carbocycles. The average molecular weight is 249 g/mol. The summed E-state index contributed by atoms with van der Waals surface area (Å²) < 4.78 is 0. The molecular formula is C13H13ClN2O. The number of H-pyrrole nitrogens is 1. The third kappa shape index (κ3) is 3.36. The lowest BCUT2D eigenvalue weighted by atomic mass is 10.1. The van der Waals surface area contributed by atoms with Crippen molar-refractivity contribution >= 4 is 17.5 Å². The third-order valence-corrected chi connectivity index (χ3v) is 2.68. The normalized spacial score (nSPS) is 10.2. The fourth-order valence-electron chi connectivity index (χ4n) is 1.58. The zero-order valence-corrected chi connectivity index (χ0v) is 10.00. The van der Waals surface area contributed by atoms with E-state index in [1.165, 1.54) is 0 Å². The first-order chi connectivity index (χ1) is 8.25. The van der Waals surface area contributed by atoms with E-state index in [4.69, 9.17) is 11.6 Å². The Labute approximate surface area is 105 Å². The Kier molecular flexibility index (Phi) is 3.83. The Bertz CT molecular complexity index is 494. The van der Waals surface area contributed by atoms with E-state index in [0.29, 0.717) is 12.1 Å². The van der Waals surface area contributed by atoms with Crippen molar-refractivity contribution in [3.63, 3.8) is 0 Å². The standard InChI is InChI=1S/C13H13ClN2O/c14-12-3-1-2-10(8-12)4-7-16-13(17)11-5-6-15-9-11/h1-3,5-6,8-9,15H,4,7H2,(H,16,17). The number of carbonyl (C=O) groups excluding carboxylic acids is 1. The van der Waals surface area contributed by atoms with Gasteiger partial charge in [0.1, 0.15) is 0 Å². The number of hydrogen-bond donors (Lipinski definition) is 2. The molecule has 2 aromatic rings. The van der Waals surface area contributed by atoms with Crippen LogP contribution in [-0.2, 0) is 6.42 Å². The third-order valence-electron chi connectivity index (χ3n) is 2.45. The number of halogens is 1. The summed E-state index contributed by atoms with van der Waals surface area (Å²) in [6, 6.07) is 9.39. The van der Waals surface area contributed by atoms with Gasteiger partial charge in [-0.2, -0.15) is 0 Å². The highest BCUT2D eigenvalue weighted by Gasteiger charge is 2.04. The molecule has 0 radical (unpaired) electrons. The molecule has 0 fully saturated rings. The quantitative estimate of drug-likeness (QED) is 0.859. The zero-order chi connectivity index (χ0) is 12.1. The van der Waals surface area contributed by atoms with E-state index in [0.717, 1.165) is 17.0 Å². The SMILES string of the molecule is O=C(NCCc1cccc(Cl)c1)c1cc[nH]c1. The van der Waals surface area contributed by atoms with Crippen LogP contribution in [0.4, 0.5) is 0 Å². The summed E-state index contributed by atoms with van der Waals surface area (Å²) >= 11 is 5.88. The smallest absolute Gasteiger partial charge is 0.252 e.